The van der Waals surface area contributed by atoms with E-state index >= 15 is 0 Å². The van der Waals surface area contributed by atoms with E-state index in [4.69, 9.17) is 11.6 Å². The molecule has 0 rings (SSSR count). The zero-order valence-corrected chi connectivity index (χ0v) is 10.5. The van der Waals surface area contributed by atoms with Crippen molar-refractivity contribution in [1.29, 1.82) is 0 Å². The largest absolute Gasteiger partial charge is 0.118 e. The van der Waals surface area contributed by atoms with E-state index in [0.717, 1.165) is 6.42 Å². The number of alkyl halides is 1. The highest BCUT2D eigenvalue weighted by molar-refractivity contribution is 6.21. The molecule has 0 fully saturated rings. The first-order valence-corrected chi connectivity index (χ1v) is 6.51. The van der Waals surface area contributed by atoms with E-state index in [1.807, 2.05) is 13.0 Å². The minimum Gasteiger partial charge on any atom is -0.118 e. The van der Waals surface area contributed by atoms with Crippen molar-refractivity contribution in [1.82, 2.24) is 0 Å². The van der Waals surface area contributed by atoms with E-state index in [9.17, 15) is 0 Å². The molecule has 0 aromatic heterocycles. The molecule has 84 valence electrons. The second-order valence-corrected chi connectivity index (χ2v) is 4.51. The predicted octanol–water partition coefficient (Wildman–Crippen LogP) is 5.31. The molecule has 0 saturated heterocycles. The first-order valence-electron chi connectivity index (χ1n) is 6.08. The first kappa shape index (κ1) is 14.0. The third kappa shape index (κ3) is 10.1. The lowest BCUT2D eigenvalue weighted by Gasteiger charge is -2.03. The van der Waals surface area contributed by atoms with Crippen molar-refractivity contribution in [2.75, 3.05) is 0 Å². The lowest BCUT2D eigenvalue weighted by Crippen LogP contribution is -1.92. The van der Waals surface area contributed by atoms with Crippen molar-refractivity contribution in [3.63, 3.8) is 0 Å². The third-order valence-corrected chi connectivity index (χ3v) is 2.85. The number of halogens is 1. The summed E-state index contributed by atoms with van der Waals surface area (Å²) >= 11 is 6.06. The van der Waals surface area contributed by atoms with Gasteiger partial charge < -0.3 is 0 Å². The predicted molar refractivity (Wildman–Crippen MR) is 67.1 cm³/mol. The van der Waals surface area contributed by atoms with Gasteiger partial charge in [-0.25, -0.2) is 0 Å². The summed E-state index contributed by atoms with van der Waals surface area (Å²) in [6.07, 6.45) is 14.8. The molecule has 0 heterocycles. The van der Waals surface area contributed by atoms with E-state index in [-0.39, 0.29) is 5.38 Å². The van der Waals surface area contributed by atoms with Crippen LogP contribution >= 0.6 is 11.6 Å². The molecule has 0 aromatic rings. The molecule has 0 nitrogen and oxygen atoms in total. The highest BCUT2D eigenvalue weighted by Gasteiger charge is 1.98. The fourth-order valence-corrected chi connectivity index (χ4v) is 1.90. The molecule has 0 saturated carbocycles. The van der Waals surface area contributed by atoms with Crippen molar-refractivity contribution >= 4 is 11.6 Å². The van der Waals surface area contributed by atoms with Crippen molar-refractivity contribution < 1.29 is 0 Å². The van der Waals surface area contributed by atoms with Crippen molar-refractivity contribution in [3.05, 3.63) is 12.2 Å². The van der Waals surface area contributed by atoms with Gasteiger partial charge in [-0.15, -0.1) is 11.6 Å². The normalized spacial score (nSPS) is 13.6. The van der Waals surface area contributed by atoms with Crippen molar-refractivity contribution in [2.24, 2.45) is 0 Å². The molecule has 0 aliphatic rings. The Morgan fingerprint density at radius 2 is 1.57 bits per heavy atom. The van der Waals surface area contributed by atoms with Crippen molar-refractivity contribution in [2.45, 2.75) is 70.6 Å². The standard InChI is InChI=1S/C13H25Cl/c1-3-5-6-7-8-9-10-12-13(14)11-4-2/h4,11,13H,3,5-10,12H2,1-2H3. The maximum absolute atomic E-state index is 6.06. The van der Waals surface area contributed by atoms with Gasteiger partial charge in [0, 0.05) is 0 Å². The summed E-state index contributed by atoms with van der Waals surface area (Å²) in [6, 6.07) is 0. The van der Waals surface area contributed by atoms with Crippen LogP contribution in [-0.2, 0) is 0 Å². The number of allylic oxidation sites excluding steroid dienone is 2. The Morgan fingerprint density at radius 3 is 2.14 bits per heavy atom. The zero-order valence-electron chi connectivity index (χ0n) is 9.77. The summed E-state index contributed by atoms with van der Waals surface area (Å²) in [6.45, 7) is 4.29. The third-order valence-electron chi connectivity index (χ3n) is 2.48. The maximum atomic E-state index is 6.06. The van der Waals surface area contributed by atoms with Crippen LogP contribution in [0.1, 0.15) is 65.2 Å². The Kier molecular flexibility index (Phi) is 11.1. The van der Waals surface area contributed by atoms with Gasteiger partial charge in [-0.2, -0.15) is 0 Å². The highest BCUT2D eigenvalue weighted by atomic mass is 35.5. The SMILES string of the molecule is CC=CC(Cl)CCCCCCCCC. The number of hydrogen-bond acceptors (Lipinski definition) is 0. The van der Waals surface area contributed by atoms with Gasteiger partial charge in [0.1, 0.15) is 0 Å². The molecule has 0 N–H and O–H groups in total. The Balaban J connectivity index is 3.05. The van der Waals surface area contributed by atoms with Gasteiger partial charge in [0.15, 0.2) is 0 Å². The Morgan fingerprint density at radius 1 is 1.00 bits per heavy atom. The van der Waals surface area contributed by atoms with E-state index in [2.05, 4.69) is 13.0 Å². The monoisotopic (exact) mass is 216 g/mol. The summed E-state index contributed by atoms with van der Waals surface area (Å²) in [5.74, 6) is 0. The van der Waals surface area contributed by atoms with Crippen molar-refractivity contribution in [3.8, 4) is 0 Å². The molecular weight excluding hydrogens is 192 g/mol. The van der Waals surface area contributed by atoms with E-state index in [1.54, 1.807) is 0 Å². The molecule has 1 atom stereocenters. The van der Waals surface area contributed by atoms with Gasteiger partial charge in [0.2, 0.25) is 0 Å². The van der Waals surface area contributed by atoms with Gasteiger partial charge in [-0.1, -0.05) is 64.0 Å². The van der Waals surface area contributed by atoms with Crippen LogP contribution in [0.2, 0.25) is 0 Å². The number of unbranched alkanes of at least 4 members (excludes halogenated alkanes) is 6. The lowest BCUT2D eigenvalue weighted by atomic mass is 10.1. The van der Waals surface area contributed by atoms with Crippen LogP contribution in [0, 0.1) is 0 Å². The van der Waals surface area contributed by atoms with E-state index in [1.165, 1.54) is 44.9 Å². The molecule has 0 spiro atoms. The van der Waals surface area contributed by atoms with Gasteiger partial charge >= 0.3 is 0 Å². The van der Waals surface area contributed by atoms with Crippen LogP contribution in [0.3, 0.4) is 0 Å². The minimum absolute atomic E-state index is 0.260. The van der Waals surface area contributed by atoms with Crippen LogP contribution in [0.4, 0.5) is 0 Å². The van der Waals surface area contributed by atoms with E-state index in [0.29, 0.717) is 0 Å². The number of hydrogen-bond donors (Lipinski definition) is 0. The maximum Gasteiger partial charge on any atom is 0.0515 e. The number of rotatable bonds is 9. The topological polar surface area (TPSA) is 0 Å². The smallest absolute Gasteiger partial charge is 0.0515 e. The van der Waals surface area contributed by atoms with Gasteiger partial charge in [0.05, 0.1) is 5.38 Å². The van der Waals surface area contributed by atoms with Gasteiger partial charge in [-0.05, 0) is 13.3 Å². The highest BCUT2D eigenvalue weighted by Crippen LogP contribution is 2.12. The zero-order chi connectivity index (χ0) is 10.6. The molecular formula is C13H25Cl. The average Bonchev–Trinajstić information content (AvgIpc) is 2.17. The molecule has 0 radical (unpaired) electrons. The Labute approximate surface area is 94.7 Å². The molecule has 0 amide bonds. The summed E-state index contributed by atoms with van der Waals surface area (Å²) in [5, 5.41) is 0.260. The lowest BCUT2D eigenvalue weighted by molar-refractivity contribution is 0.578. The second-order valence-electron chi connectivity index (χ2n) is 3.95. The average molecular weight is 217 g/mol. The molecule has 1 unspecified atom stereocenters. The van der Waals surface area contributed by atoms with Crippen LogP contribution < -0.4 is 0 Å². The Hall–Kier alpha value is 0.0300. The van der Waals surface area contributed by atoms with Crippen LogP contribution in [0.5, 0.6) is 0 Å². The van der Waals surface area contributed by atoms with Crippen LogP contribution in [-0.4, -0.2) is 5.38 Å². The quantitative estimate of drug-likeness (QED) is 0.278. The molecule has 14 heavy (non-hydrogen) atoms. The van der Waals surface area contributed by atoms with Gasteiger partial charge in [0.25, 0.3) is 0 Å². The van der Waals surface area contributed by atoms with E-state index < -0.39 is 0 Å². The summed E-state index contributed by atoms with van der Waals surface area (Å²) < 4.78 is 0. The molecule has 0 aliphatic heterocycles. The summed E-state index contributed by atoms with van der Waals surface area (Å²) in [5.41, 5.74) is 0. The summed E-state index contributed by atoms with van der Waals surface area (Å²) in [4.78, 5) is 0. The van der Waals surface area contributed by atoms with Gasteiger partial charge in [-0.3, -0.25) is 0 Å². The first-order chi connectivity index (χ1) is 6.81. The molecule has 1 heteroatoms. The minimum atomic E-state index is 0.260. The Bertz CT molecular complexity index is 129. The summed E-state index contributed by atoms with van der Waals surface area (Å²) in [7, 11) is 0. The fourth-order valence-electron chi connectivity index (χ4n) is 1.60. The second kappa shape index (κ2) is 11.1. The fraction of sp³-hybridized carbons (Fsp3) is 0.846. The van der Waals surface area contributed by atoms with Crippen LogP contribution in [0.15, 0.2) is 12.2 Å². The molecule has 0 bridgehead atoms. The molecule has 0 aliphatic carbocycles. The van der Waals surface area contributed by atoms with Crippen LogP contribution in [0.25, 0.3) is 0 Å². The molecule has 0 aromatic carbocycles.